The van der Waals surface area contributed by atoms with Crippen LogP contribution in [0.1, 0.15) is 70.3 Å². The van der Waals surface area contributed by atoms with Crippen LogP contribution in [0, 0.1) is 0 Å². The van der Waals surface area contributed by atoms with Crippen molar-refractivity contribution in [2.24, 2.45) is 5.10 Å². The Morgan fingerprint density at radius 2 is 1.83 bits per heavy atom. The van der Waals surface area contributed by atoms with Gasteiger partial charge >= 0.3 is 5.97 Å². The normalized spacial score (nSPS) is 13.2. The Morgan fingerprint density at radius 3 is 2.56 bits per heavy atom. The molecule has 2 aromatic carbocycles. The standard InChI is InChI=1S/C30H33N3O7S/c1-4-38-24-16-19(10-15-23(24)34)17-31-33-27(35)18(3)40-21-13-11-20(12-14-21)28(36)32-29-26(30(37)39-5-2)22-8-6-7-9-25(22)41-29/h10-18,34H,4-9H2,1-3H3,(H,32,36)(H,33,35)/b31-17+/t18-/m1/s1. The van der Waals surface area contributed by atoms with Gasteiger partial charge in [-0.25, -0.2) is 10.2 Å². The van der Waals surface area contributed by atoms with Crippen LogP contribution >= 0.6 is 11.3 Å². The molecule has 0 radical (unpaired) electrons. The van der Waals surface area contributed by atoms with Crippen LogP contribution < -0.4 is 20.2 Å². The van der Waals surface area contributed by atoms with E-state index in [1.165, 1.54) is 23.6 Å². The molecule has 0 unspecified atom stereocenters. The molecule has 1 aliphatic carbocycles. The first-order valence-electron chi connectivity index (χ1n) is 13.5. The molecule has 0 saturated carbocycles. The third-order valence-corrected chi connectivity index (χ3v) is 7.56. The van der Waals surface area contributed by atoms with Gasteiger partial charge in [-0.1, -0.05) is 0 Å². The fraction of sp³-hybridized carbons (Fsp3) is 0.333. The number of nitrogens with one attached hydrogen (secondary N) is 2. The third-order valence-electron chi connectivity index (χ3n) is 6.35. The van der Waals surface area contributed by atoms with Gasteiger partial charge in [0.15, 0.2) is 17.6 Å². The Balaban J connectivity index is 1.34. The molecule has 11 heteroatoms. The number of rotatable bonds is 11. The zero-order valence-corrected chi connectivity index (χ0v) is 24.0. The predicted molar refractivity (Wildman–Crippen MR) is 156 cm³/mol. The summed E-state index contributed by atoms with van der Waals surface area (Å²) >= 11 is 1.43. The number of hydrogen-bond acceptors (Lipinski definition) is 9. The molecule has 3 aromatic rings. The van der Waals surface area contributed by atoms with Crippen molar-refractivity contribution in [1.82, 2.24) is 5.43 Å². The Bertz CT molecular complexity index is 1430. The zero-order valence-electron chi connectivity index (χ0n) is 23.2. The Labute approximate surface area is 242 Å². The number of hydrogen-bond donors (Lipinski definition) is 3. The lowest BCUT2D eigenvalue weighted by atomic mass is 9.95. The second-order valence-electron chi connectivity index (χ2n) is 9.27. The highest BCUT2D eigenvalue weighted by Crippen LogP contribution is 2.39. The lowest BCUT2D eigenvalue weighted by Gasteiger charge is -2.13. The molecule has 0 fully saturated rings. The number of aromatic hydroxyl groups is 1. The number of anilines is 1. The maximum absolute atomic E-state index is 13.0. The summed E-state index contributed by atoms with van der Waals surface area (Å²) in [4.78, 5) is 39.2. The van der Waals surface area contributed by atoms with E-state index in [2.05, 4.69) is 15.8 Å². The molecular weight excluding hydrogens is 546 g/mol. The number of hydrazone groups is 1. The van der Waals surface area contributed by atoms with E-state index in [1.54, 1.807) is 50.2 Å². The summed E-state index contributed by atoms with van der Waals surface area (Å²) in [6.45, 7) is 5.80. The summed E-state index contributed by atoms with van der Waals surface area (Å²) in [5, 5.41) is 17.1. The van der Waals surface area contributed by atoms with Gasteiger partial charge in [-0.05, 0) is 100 Å². The number of esters is 1. The van der Waals surface area contributed by atoms with Gasteiger partial charge in [0.2, 0.25) is 0 Å². The molecule has 0 bridgehead atoms. The molecule has 1 aliphatic rings. The van der Waals surface area contributed by atoms with Gasteiger partial charge in [0.1, 0.15) is 10.8 Å². The summed E-state index contributed by atoms with van der Waals surface area (Å²) < 4.78 is 16.3. The van der Waals surface area contributed by atoms with Crippen LogP contribution in [0.3, 0.4) is 0 Å². The Morgan fingerprint density at radius 1 is 1.07 bits per heavy atom. The van der Waals surface area contributed by atoms with Gasteiger partial charge < -0.3 is 24.6 Å². The molecule has 1 heterocycles. The van der Waals surface area contributed by atoms with Crippen LogP contribution in [0.4, 0.5) is 5.00 Å². The lowest BCUT2D eigenvalue weighted by molar-refractivity contribution is -0.127. The molecule has 1 atom stereocenters. The first kappa shape index (κ1) is 29.6. The number of aryl methyl sites for hydroxylation is 1. The van der Waals surface area contributed by atoms with E-state index in [0.29, 0.717) is 39.8 Å². The monoisotopic (exact) mass is 579 g/mol. The van der Waals surface area contributed by atoms with Gasteiger partial charge in [-0.2, -0.15) is 5.10 Å². The number of nitrogens with zero attached hydrogens (tertiary/aromatic N) is 1. The van der Waals surface area contributed by atoms with Crippen molar-refractivity contribution in [3.63, 3.8) is 0 Å². The van der Waals surface area contributed by atoms with E-state index in [0.717, 1.165) is 36.1 Å². The SMILES string of the molecule is CCOC(=O)c1c(NC(=O)c2ccc(O[C@H](C)C(=O)N/N=C/c3ccc(O)c(OCC)c3)cc2)sc2c1CCCC2. The summed E-state index contributed by atoms with van der Waals surface area (Å²) in [5.41, 5.74) is 4.87. The second kappa shape index (κ2) is 13.8. The number of thiophene rings is 1. The fourth-order valence-electron chi connectivity index (χ4n) is 4.33. The van der Waals surface area contributed by atoms with E-state index < -0.39 is 18.0 Å². The largest absolute Gasteiger partial charge is 0.504 e. The van der Waals surface area contributed by atoms with Crippen LogP contribution in [0.25, 0.3) is 0 Å². The summed E-state index contributed by atoms with van der Waals surface area (Å²) in [5.74, 6) is -0.508. The van der Waals surface area contributed by atoms with Crippen LogP contribution in [-0.4, -0.2) is 48.4 Å². The minimum absolute atomic E-state index is 0.0187. The topological polar surface area (TPSA) is 136 Å². The first-order valence-corrected chi connectivity index (χ1v) is 14.3. The highest BCUT2D eigenvalue weighted by atomic mass is 32.1. The predicted octanol–water partition coefficient (Wildman–Crippen LogP) is 5.08. The minimum atomic E-state index is -0.866. The number of carbonyl (C=O) groups excluding carboxylic acids is 3. The number of ether oxygens (including phenoxy) is 3. The average Bonchev–Trinajstić information content (AvgIpc) is 3.33. The van der Waals surface area contributed by atoms with Crippen LogP contribution in [0.2, 0.25) is 0 Å². The maximum atomic E-state index is 13.0. The molecule has 0 aliphatic heterocycles. The summed E-state index contributed by atoms with van der Waals surface area (Å²) in [6, 6.07) is 11.1. The van der Waals surface area contributed by atoms with Crippen LogP contribution in [0.5, 0.6) is 17.2 Å². The van der Waals surface area contributed by atoms with E-state index >= 15 is 0 Å². The second-order valence-corrected chi connectivity index (χ2v) is 10.4. The van der Waals surface area contributed by atoms with Crippen molar-refractivity contribution in [1.29, 1.82) is 0 Å². The van der Waals surface area contributed by atoms with Crippen LogP contribution in [-0.2, 0) is 22.4 Å². The fourth-order valence-corrected chi connectivity index (χ4v) is 5.61. The van der Waals surface area contributed by atoms with Crippen molar-refractivity contribution in [2.45, 2.75) is 52.6 Å². The number of phenolic OH excluding ortho intramolecular Hbond substituents is 1. The molecule has 216 valence electrons. The van der Waals surface area contributed by atoms with E-state index in [1.807, 2.05) is 6.92 Å². The molecule has 3 N–H and O–H groups in total. The third kappa shape index (κ3) is 7.43. The van der Waals surface area contributed by atoms with E-state index in [9.17, 15) is 19.5 Å². The molecule has 41 heavy (non-hydrogen) atoms. The zero-order chi connectivity index (χ0) is 29.4. The first-order chi connectivity index (χ1) is 19.8. The van der Waals surface area contributed by atoms with E-state index in [4.69, 9.17) is 14.2 Å². The summed E-state index contributed by atoms with van der Waals surface area (Å²) in [7, 11) is 0. The highest BCUT2D eigenvalue weighted by Gasteiger charge is 2.27. The summed E-state index contributed by atoms with van der Waals surface area (Å²) in [6.07, 6.45) is 4.30. The van der Waals surface area contributed by atoms with Gasteiger partial charge in [-0.15, -0.1) is 11.3 Å². The Kier molecular flexibility index (Phi) is 9.96. The van der Waals surface area contributed by atoms with Gasteiger partial charge in [-0.3, -0.25) is 9.59 Å². The molecule has 4 rings (SSSR count). The molecule has 1 aromatic heterocycles. The van der Waals surface area contributed by atoms with Crippen molar-refractivity contribution in [3.05, 3.63) is 69.6 Å². The molecular formula is C30H33N3O7S. The van der Waals surface area contributed by atoms with Gasteiger partial charge in [0.25, 0.3) is 11.8 Å². The number of carbonyl (C=O) groups is 3. The maximum Gasteiger partial charge on any atom is 0.341 e. The van der Waals surface area contributed by atoms with Crippen LogP contribution in [0.15, 0.2) is 47.6 Å². The van der Waals surface area contributed by atoms with Gasteiger partial charge in [0, 0.05) is 10.4 Å². The quantitative estimate of drug-likeness (QED) is 0.164. The Hall–Kier alpha value is -4.38. The van der Waals surface area contributed by atoms with Crippen molar-refractivity contribution in [3.8, 4) is 17.2 Å². The molecule has 10 nitrogen and oxygen atoms in total. The smallest absolute Gasteiger partial charge is 0.341 e. The lowest BCUT2D eigenvalue weighted by Crippen LogP contribution is -2.33. The number of fused-ring (bicyclic) bond motifs is 1. The number of amides is 2. The average molecular weight is 580 g/mol. The molecule has 0 spiro atoms. The van der Waals surface area contributed by atoms with Crippen molar-refractivity contribution in [2.75, 3.05) is 18.5 Å². The van der Waals surface area contributed by atoms with Crippen molar-refractivity contribution >= 4 is 40.3 Å². The molecule has 0 saturated heterocycles. The van der Waals surface area contributed by atoms with Gasteiger partial charge in [0.05, 0.1) is 25.0 Å². The molecule has 2 amide bonds. The van der Waals surface area contributed by atoms with E-state index in [-0.39, 0.29) is 18.3 Å². The van der Waals surface area contributed by atoms with Crippen molar-refractivity contribution < 1.29 is 33.7 Å². The minimum Gasteiger partial charge on any atom is -0.504 e. The highest BCUT2D eigenvalue weighted by molar-refractivity contribution is 7.17. The number of phenols is 1. The number of benzene rings is 2.